The third-order valence-electron chi connectivity index (χ3n) is 5.15. The molecule has 2 fully saturated rings. The molecule has 9 heteroatoms. The lowest BCUT2D eigenvalue weighted by molar-refractivity contribution is -0.162. The Hall–Kier alpha value is -3.01. The van der Waals surface area contributed by atoms with E-state index in [0.717, 1.165) is 11.0 Å². The first-order valence-electron chi connectivity index (χ1n) is 9.05. The van der Waals surface area contributed by atoms with Crippen molar-refractivity contribution in [2.75, 3.05) is 11.9 Å². The Balaban J connectivity index is 1.39. The largest absolute Gasteiger partial charge is 0.388 e. The second kappa shape index (κ2) is 6.86. The first-order chi connectivity index (χ1) is 13.7. The number of fused-ring (bicyclic) bond motifs is 3. The van der Waals surface area contributed by atoms with E-state index >= 15 is 0 Å². The van der Waals surface area contributed by atoms with Crippen LogP contribution in [-0.4, -0.2) is 56.8 Å². The van der Waals surface area contributed by atoms with E-state index in [1.807, 2.05) is 28.8 Å². The van der Waals surface area contributed by atoms with Gasteiger partial charge in [0.25, 0.3) is 0 Å². The number of urea groups is 1. The van der Waals surface area contributed by atoms with E-state index in [4.69, 9.17) is 9.47 Å². The van der Waals surface area contributed by atoms with Gasteiger partial charge in [0.15, 0.2) is 6.29 Å². The summed E-state index contributed by atoms with van der Waals surface area (Å²) in [6.07, 6.45) is 2.89. The smallest absolute Gasteiger partial charge is 0.319 e. The first-order valence-corrected chi connectivity index (χ1v) is 9.05. The van der Waals surface area contributed by atoms with E-state index < -0.39 is 36.6 Å². The van der Waals surface area contributed by atoms with Crippen LogP contribution in [-0.2, 0) is 9.47 Å². The number of hydrogen-bond acceptors (Lipinski definition) is 6. The molecule has 144 valence electrons. The van der Waals surface area contributed by atoms with Crippen molar-refractivity contribution in [3.05, 3.63) is 55.1 Å². The van der Waals surface area contributed by atoms with Crippen molar-refractivity contribution in [2.45, 2.75) is 30.6 Å². The molecule has 2 saturated heterocycles. The molecule has 0 saturated carbocycles. The molecule has 0 radical (unpaired) electrons. The number of carbonyl (C=O) groups is 1. The molecule has 0 aliphatic carbocycles. The Labute approximate surface area is 160 Å². The second-order valence-electron chi connectivity index (χ2n) is 6.86. The highest BCUT2D eigenvalue weighted by molar-refractivity contribution is 5.89. The third-order valence-corrected chi connectivity index (χ3v) is 5.15. The fraction of sp³-hybridized carbons (Fsp3) is 0.316. The number of para-hydroxylation sites is 2. The van der Waals surface area contributed by atoms with Crippen LogP contribution >= 0.6 is 0 Å². The predicted molar refractivity (Wildman–Crippen MR) is 99.6 cm³/mol. The average molecular weight is 381 g/mol. The first kappa shape index (κ1) is 17.1. The molecule has 3 N–H and O–H groups in total. The van der Waals surface area contributed by atoms with E-state index in [0.29, 0.717) is 12.3 Å². The van der Waals surface area contributed by atoms with Crippen molar-refractivity contribution in [3.63, 3.8) is 0 Å². The van der Waals surface area contributed by atoms with Crippen LogP contribution in [0, 0.1) is 0 Å². The summed E-state index contributed by atoms with van der Waals surface area (Å²) in [5.74, 6) is 0. The second-order valence-corrected chi connectivity index (χ2v) is 6.86. The number of ether oxygens (including phenoxy) is 2. The lowest BCUT2D eigenvalue weighted by Crippen LogP contribution is -2.59. The number of aliphatic hydroxyl groups excluding tert-OH is 1. The number of aliphatic hydroxyl groups is 1. The zero-order valence-corrected chi connectivity index (χ0v) is 14.8. The zero-order valence-electron chi connectivity index (χ0n) is 14.8. The molecule has 2 aliphatic rings. The van der Waals surface area contributed by atoms with Crippen molar-refractivity contribution in [2.24, 2.45) is 0 Å². The van der Waals surface area contributed by atoms with Gasteiger partial charge in [0, 0.05) is 6.20 Å². The summed E-state index contributed by atoms with van der Waals surface area (Å²) < 4.78 is 13.5. The number of carbonyl (C=O) groups excluding carboxylic acids is 1. The third kappa shape index (κ3) is 2.89. The molecule has 2 aliphatic heterocycles. The predicted octanol–water partition coefficient (Wildman–Crippen LogP) is 1.28. The SMILES string of the molecule is O=C(Nc1cccnc1)NC1C2COC(O2)C(n2cnc3ccccc32)C1O. The van der Waals surface area contributed by atoms with Crippen molar-refractivity contribution < 1.29 is 19.4 Å². The van der Waals surface area contributed by atoms with Gasteiger partial charge in [-0.15, -0.1) is 0 Å². The maximum atomic E-state index is 12.4. The average Bonchev–Trinajstić information content (AvgIpc) is 3.33. The Morgan fingerprint density at radius 2 is 2.14 bits per heavy atom. The number of nitrogens with zero attached hydrogens (tertiary/aromatic N) is 3. The molecular weight excluding hydrogens is 362 g/mol. The topological polar surface area (TPSA) is 111 Å². The number of pyridine rings is 1. The summed E-state index contributed by atoms with van der Waals surface area (Å²) in [5, 5.41) is 16.6. The molecule has 5 atom stereocenters. The molecule has 3 aromatic rings. The standard InChI is InChI=1S/C19H19N5O4/c25-17-15(23-19(26)22-11-4-3-7-20-8-11)14-9-27-18(28-14)16(17)24-10-21-12-5-1-2-6-13(12)24/h1-8,10,14-18,25H,9H2,(H2,22,23,26). The summed E-state index contributed by atoms with van der Waals surface area (Å²) >= 11 is 0. The van der Waals surface area contributed by atoms with Crippen LogP contribution < -0.4 is 10.6 Å². The molecular formula is C19H19N5O4. The summed E-state index contributed by atoms with van der Waals surface area (Å²) in [5.41, 5.74) is 2.24. The Bertz CT molecular complexity index is 994. The molecule has 2 bridgehead atoms. The highest BCUT2D eigenvalue weighted by Crippen LogP contribution is 2.37. The minimum Gasteiger partial charge on any atom is -0.388 e. The van der Waals surface area contributed by atoms with Gasteiger partial charge < -0.3 is 29.8 Å². The van der Waals surface area contributed by atoms with Crippen LogP contribution in [0.1, 0.15) is 6.04 Å². The van der Waals surface area contributed by atoms with Crippen molar-refractivity contribution in [1.82, 2.24) is 19.9 Å². The molecule has 5 rings (SSSR count). The van der Waals surface area contributed by atoms with Crippen LogP contribution in [0.2, 0.25) is 0 Å². The number of anilines is 1. The lowest BCUT2D eigenvalue weighted by Gasteiger charge is -2.39. The Morgan fingerprint density at radius 3 is 3.00 bits per heavy atom. The van der Waals surface area contributed by atoms with Crippen LogP contribution in [0.4, 0.5) is 10.5 Å². The van der Waals surface area contributed by atoms with Crippen molar-refractivity contribution in [1.29, 1.82) is 0 Å². The van der Waals surface area contributed by atoms with Gasteiger partial charge in [-0.05, 0) is 24.3 Å². The van der Waals surface area contributed by atoms with E-state index in [9.17, 15) is 9.90 Å². The number of benzene rings is 1. The molecule has 28 heavy (non-hydrogen) atoms. The number of aromatic nitrogens is 3. The molecule has 4 heterocycles. The molecule has 2 amide bonds. The van der Waals surface area contributed by atoms with E-state index in [2.05, 4.69) is 20.6 Å². The molecule has 2 aromatic heterocycles. The maximum Gasteiger partial charge on any atom is 0.319 e. The molecule has 1 aromatic carbocycles. The van der Waals surface area contributed by atoms with Crippen LogP contribution in [0.5, 0.6) is 0 Å². The van der Waals surface area contributed by atoms with E-state index in [-0.39, 0.29) is 0 Å². The number of imidazole rings is 1. The summed E-state index contributed by atoms with van der Waals surface area (Å²) in [4.78, 5) is 20.8. The minimum absolute atomic E-state index is 0.294. The van der Waals surface area contributed by atoms with Gasteiger partial charge in [-0.1, -0.05) is 12.1 Å². The highest BCUT2D eigenvalue weighted by Gasteiger charge is 2.51. The van der Waals surface area contributed by atoms with Gasteiger partial charge in [-0.25, -0.2) is 9.78 Å². The maximum absolute atomic E-state index is 12.4. The van der Waals surface area contributed by atoms with Crippen LogP contribution in [0.15, 0.2) is 55.1 Å². The lowest BCUT2D eigenvalue weighted by atomic mass is 9.96. The Morgan fingerprint density at radius 1 is 1.25 bits per heavy atom. The number of amides is 2. The minimum atomic E-state index is -0.913. The fourth-order valence-electron chi connectivity index (χ4n) is 3.85. The number of rotatable bonds is 3. The van der Waals surface area contributed by atoms with Crippen molar-refractivity contribution >= 4 is 22.8 Å². The number of nitrogens with one attached hydrogen (secondary N) is 2. The monoisotopic (exact) mass is 381 g/mol. The van der Waals surface area contributed by atoms with Crippen molar-refractivity contribution in [3.8, 4) is 0 Å². The molecule has 5 unspecified atom stereocenters. The number of hydrogen-bond donors (Lipinski definition) is 3. The quantitative estimate of drug-likeness (QED) is 0.630. The highest BCUT2D eigenvalue weighted by atomic mass is 16.7. The Kier molecular flexibility index (Phi) is 4.19. The normalized spacial score (nSPS) is 29.0. The summed E-state index contributed by atoms with van der Waals surface area (Å²) in [6, 6.07) is 9.48. The van der Waals surface area contributed by atoms with Crippen LogP contribution in [0.3, 0.4) is 0 Å². The van der Waals surface area contributed by atoms with Gasteiger partial charge in [-0.3, -0.25) is 4.98 Å². The summed E-state index contributed by atoms with van der Waals surface area (Å²) in [6.45, 7) is 0.294. The van der Waals surface area contributed by atoms with Crippen LogP contribution in [0.25, 0.3) is 11.0 Å². The van der Waals surface area contributed by atoms with Gasteiger partial charge >= 0.3 is 6.03 Å². The van der Waals surface area contributed by atoms with E-state index in [1.165, 1.54) is 0 Å². The van der Waals surface area contributed by atoms with Gasteiger partial charge in [0.05, 0.1) is 41.9 Å². The molecule has 9 nitrogen and oxygen atoms in total. The zero-order chi connectivity index (χ0) is 19.1. The van der Waals surface area contributed by atoms with Gasteiger partial charge in [0.2, 0.25) is 0 Å². The summed E-state index contributed by atoms with van der Waals surface area (Å²) in [7, 11) is 0. The molecule has 0 spiro atoms. The fourth-order valence-corrected chi connectivity index (χ4v) is 3.85. The van der Waals surface area contributed by atoms with E-state index in [1.54, 1.807) is 30.9 Å². The van der Waals surface area contributed by atoms with Gasteiger partial charge in [0.1, 0.15) is 18.2 Å². The van der Waals surface area contributed by atoms with Gasteiger partial charge in [-0.2, -0.15) is 0 Å².